The number of carbonyl (C=O) groups is 1. The second kappa shape index (κ2) is 4.44. The highest BCUT2D eigenvalue weighted by Crippen LogP contribution is 2.30. The van der Waals surface area contributed by atoms with Crippen LogP contribution in [0.1, 0.15) is 54.3 Å². The smallest absolute Gasteiger partial charge is 0.283 e. The molecule has 1 aliphatic carbocycles. The van der Waals surface area contributed by atoms with Gasteiger partial charge >= 0.3 is 0 Å². The van der Waals surface area contributed by atoms with E-state index in [0.29, 0.717) is 11.6 Å². The molecular formula is C10H16N4O. The average molecular weight is 208 g/mol. The van der Waals surface area contributed by atoms with Crippen molar-refractivity contribution < 1.29 is 4.79 Å². The van der Waals surface area contributed by atoms with E-state index in [-0.39, 0.29) is 5.91 Å². The normalized spacial score (nSPS) is 17.7. The largest absolute Gasteiger partial charge is 0.338 e. The first-order valence-corrected chi connectivity index (χ1v) is 5.37. The Labute approximate surface area is 88.4 Å². The number of hydrogen-bond acceptors (Lipinski definition) is 3. The standard InChI is InChI=1S/C10H16N4O/c11-14-10(15)8-6-12-9(13-8)7-4-2-1-3-5-7/h6-7H,1-5,11H2,(H,12,13)(H,14,15). The highest BCUT2D eigenvalue weighted by atomic mass is 16.2. The molecule has 2 rings (SSSR count). The van der Waals surface area contributed by atoms with E-state index >= 15 is 0 Å². The van der Waals surface area contributed by atoms with Crippen molar-refractivity contribution in [3.05, 3.63) is 17.7 Å². The van der Waals surface area contributed by atoms with Crippen LogP contribution in [0.2, 0.25) is 0 Å². The molecule has 0 spiro atoms. The van der Waals surface area contributed by atoms with Crippen LogP contribution >= 0.6 is 0 Å². The van der Waals surface area contributed by atoms with Crippen molar-refractivity contribution in [2.75, 3.05) is 0 Å². The first kappa shape index (κ1) is 10.2. The van der Waals surface area contributed by atoms with Crippen LogP contribution in [-0.4, -0.2) is 15.9 Å². The zero-order valence-electron chi connectivity index (χ0n) is 8.62. The van der Waals surface area contributed by atoms with Gasteiger partial charge in [0.15, 0.2) is 0 Å². The number of amides is 1. The maximum atomic E-state index is 11.2. The molecule has 0 atom stereocenters. The maximum Gasteiger partial charge on any atom is 0.283 e. The lowest BCUT2D eigenvalue weighted by Crippen LogP contribution is -2.30. The summed E-state index contributed by atoms with van der Waals surface area (Å²) < 4.78 is 0. The van der Waals surface area contributed by atoms with Gasteiger partial charge < -0.3 is 4.98 Å². The van der Waals surface area contributed by atoms with Crippen LogP contribution in [0.5, 0.6) is 0 Å². The van der Waals surface area contributed by atoms with Crippen molar-refractivity contribution in [3.63, 3.8) is 0 Å². The number of hydrogen-bond donors (Lipinski definition) is 3. The maximum absolute atomic E-state index is 11.2. The van der Waals surface area contributed by atoms with Crippen LogP contribution in [0.4, 0.5) is 0 Å². The lowest BCUT2D eigenvalue weighted by molar-refractivity contribution is 0.0949. The Hall–Kier alpha value is -1.36. The highest BCUT2D eigenvalue weighted by Gasteiger charge is 2.19. The molecule has 1 heterocycles. The SMILES string of the molecule is NNC(=O)c1cnc(C2CCCCC2)[nH]1. The predicted molar refractivity (Wildman–Crippen MR) is 56.1 cm³/mol. The van der Waals surface area contributed by atoms with Gasteiger partial charge in [-0.3, -0.25) is 10.2 Å². The number of nitrogens with one attached hydrogen (secondary N) is 2. The zero-order valence-corrected chi connectivity index (χ0v) is 8.62. The van der Waals surface area contributed by atoms with Gasteiger partial charge in [-0.05, 0) is 12.8 Å². The Kier molecular flexibility index (Phi) is 3.01. The quantitative estimate of drug-likeness (QED) is 0.386. The molecule has 0 bridgehead atoms. The van der Waals surface area contributed by atoms with E-state index in [2.05, 4.69) is 15.4 Å². The summed E-state index contributed by atoms with van der Waals surface area (Å²) >= 11 is 0. The molecule has 1 aromatic heterocycles. The molecule has 82 valence electrons. The summed E-state index contributed by atoms with van der Waals surface area (Å²) in [6, 6.07) is 0. The third kappa shape index (κ3) is 2.18. The topological polar surface area (TPSA) is 83.8 Å². The first-order valence-electron chi connectivity index (χ1n) is 5.37. The average Bonchev–Trinajstić information content (AvgIpc) is 2.78. The summed E-state index contributed by atoms with van der Waals surface area (Å²) in [5.74, 6) is 6.14. The molecule has 15 heavy (non-hydrogen) atoms. The van der Waals surface area contributed by atoms with Crippen molar-refractivity contribution in [2.24, 2.45) is 5.84 Å². The van der Waals surface area contributed by atoms with E-state index in [0.717, 1.165) is 18.7 Å². The third-order valence-electron chi connectivity index (χ3n) is 2.96. The molecule has 0 aromatic carbocycles. The van der Waals surface area contributed by atoms with Crippen molar-refractivity contribution >= 4 is 5.91 Å². The van der Waals surface area contributed by atoms with Crippen molar-refractivity contribution in [1.82, 2.24) is 15.4 Å². The molecule has 1 saturated carbocycles. The number of aromatic amines is 1. The number of imidazole rings is 1. The number of nitrogens with two attached hydrogens (primary N) is 1. The Morgan fingerprint density at radius 1 is 1.47 bits per heavy atom. The summed E-state index contributed by atoms with van der Waals surface area (Å²) in [5, 5.41) is 0. The predicted octanol–water partition coefficient (Wildman–Crippen LogP) is 1.06. The Balaban J connectivity index is 2.08. The number of hydrazine groups is 1. The monoisotopic (exact) mass is 208 g/mol. The fraction of sp³-hybridized carbons (Fsp3) is 0.600. The van der Waals surface area contributed by atoms with E-state index < -0.39 is 0 Å². The van der Waals surface area contributed by atoms with Crippen LogP contribution in [0.25, 0.3) is 0 Å². The fourth-order valence-corrected chi connectivity index (χ4v) is 2.11. The van der Waals surface area contributed by atoms with Gasteiger partial charge in [0.2, 0.25) is 0 Å². The highest BCUT2D eigenvalue weighted by molar-refractivity contribution is 5.91. The molecule has 0 unspecified atom stereocenters. The fourth-order valence-electron chi connectivity index (χ4n) is 2.11. The summed E-state index contributed by atoms with van der Waals surface area (Å²) in [6.07, 6.45) is 7.70. The summed E-state index contributed by atoms with van der Waals surface area (Å²) in [7, 11) is 0. The minimum atomic E-state index is -0.315. The van der Waals surface area contributed by atoms with E-state index in [4.69, 9.17) is 5.84 Å². The molecular weight excluding hydrogens is 192 g/mol. The van der Waals surface area contributed by atoms with Gasteiger partial charge in [0.1, 0.15) is 11.5 Å². The molecule has 5 heteroatoms. The number of nitrogen functional groups attached to an aromatic ring is 1. The number of nitrogens with zero attached hydrogens (tertiary/aromatic N) is 1. The van der Waals surface area contributed by atoms with Crippen LogP contribution in [-0.2, 0) is 0 Å². The van der Waals surface area contributed by atoms with E-state index in [9.17, 15) is 4.79 Å². The van der Waals surface area contributed by atoms with Gasteiger partial charge in [0.25, 0.3) is 5.91 Å². The molecule has 1 amide bonds. The van der Waals surface area contributed by atoms with Crippen molar-refractivity contribution in [1.29, 1.82) is 0 Å². The van der Waals surface area contributed by atoms with Gasteiger partial charge in [-0.2, -0.15) is 0 Å². The van der Waals surface area contributed by atoms with Crippen molar-refractivity contribution in [2.45, 2.75) is 38.0 Å². The van der Waals surface area contributed by atoms with E-state index in [1.165, 1.54) is 19.3 Å². The first-order chi connectivity index (χ1) is 7.31. The van der Waals surface area contributed by atoms with Gasteiger partial charge in [-0.15, -0.1) is 0 Å². The molecule has 1 fully saturated rings. The van der Waals surface area contributed by atoms with E-state index in [1.807, 2.05) is 0 Å². The minimum Gasteiger partial charge on any atom is -0.338 e. The van der Waals surface area contributed by atoms with Crippen molar-refractivity contribution in [3.8, 4) is 0 Å². The Morgan fingerprint density at radius 3 is 2.87 bits per heavy atom. The zero-order chi connectivity index (χ0) is 10.7. The Morgan fingerprint density at radius 2 is 2.20 bits per heavy atom. The van der Waals surface area contributed by atoms with Crippen LogP contribution < -0.4 is 11.3 Å². The van der Waals surface area contributed by atoms with Crippen LogP contribution in [0.15, 0.2) is 6.20 Å². The number of aromatic nitrogens is 2. The lowest BCUT2D eigenvalue weighted by Gasteiger charge is -2.19. The summed E-state index contributed by atoms with van der Waals surface area (Å²) in [6.45, 7) is 0. The molecule has 0 radical (unpaired) electrons. The van der Waals surface area contributed by atoms with Crippen LogP contribution in [0.3, 0.4) is 0 Å². The molecule has 1 aromatic rings. The molecule has 4 N–H and O–H groups in total. The minimum absolute atomic E-state index is 0.315. The molecule has 1 aliphatic rings. The van der Waals surface area contributed by atoms with Crippen LogP contribution in [0, 0.1) is 0 Å². The van der Waals surface area contributed by atoms with Gasteiger partial charge in [0.05, 0.1) is 6.20 Å². The Bertz CT molecular complexity index is 341. The molecule has 0 saturated heterocycles. The van der Waals surface area contributed by atoms with E-state index in [1.54, 1.807) is 6.20 Å². The molecule has 5 nitrogen and oxygen atoms in total. The summed E-state index contributed by atoms with van der Waals surface area (Å²) in [5.41, 5.74) is 2.53. The number of carbonyl (C=O) groups excluding carboxylic acids is 1. The lowest BCUT2D eigenvalue weighted by atomic mass is 9.89. The number of H-pyrrole nitrogens is 1. The second-order valence-corrected chi connectivity index (χ2v) is 3.99. The third-order valence-corrected chi connectivity index (χ3v) is 2.96. The van der Waals surface area contributed by atoms with Gasteiger partial charge in [-0.1, -0.05) is 19.3 Å². The molecule has 0 aliphatic heterocycles. The summed E-state index contributed by atoms with van der Waals surface area (Å²) in [4.78, 5) is 18.5. The second-order valence-electron chi connectivity index (χ2n) is 3.99. The number of rotatable bonds is 2. The van der Waals surface area contributed by atoms with Gasteiger partial charge in [-0.25, -0.2) is 10.8 Å². The van der Waals surface area contributed by atoms with Gasteiger partial charge in [0, 0.05) is 5.92 Å².